The zero-order valence-corrected chi connectivity index (χ0v) is 11.9. The van der Waals surface area contributed by atoms with Gasteiger partial charge in [-0.1, -0.05) is 37.4 Å². The number of halogens is 1. The highest BCUT2D eigenvalue weighted by Crippen LogP contribution is 2.19. The molecule has 0 amide bonds. The lowest BCUT2D eigenvalue weighted by Gasteiger charge is -2.11. The first-order chi connectivity index (χ1) is 8.13. The van der Waals surface area contributed by atoms with Crippen molar-refractivity contribution in [1.82, 2.24) is 5.32 Å². The number of aryl methyl sites for hydroxylation is 1. The van der Waals surface area contributed by atoms with Crippen LogP contribution < -0.4 is 10.6 Å². The molecule has 0 bridgehead atoms. The van der Waals surface area contributed by atoms with Crippen molar-refractivity contribution in [1.29, 1.82) is 0 Å². The van der Waals surface area contributed by atoms with Gasteiger partial charge in [0, 0.05) is 17.3 Å². The summed E-state index contributed by atoms with van der Waals surface area (Å²) in [5.41, 5.74) is 1.99. The zero-order chi connectivity index (χ0) is 12.7. The average Bonchev–Trinajstić information content (AvgIpc) is 2.30. The number of rotatable bonds is 5. The monoisotopic (exact) mass is 270 g/mol. The van der Waals surface area contributed by atoms with Crippen LogP contribution in [-0.4, -0.2) is 11.7 Å². The third-order valence-corrected chi connectivity index (χ3v) is 3.15. The average molecular weight is 271 g/mol. The minimum Gasteiger partial charge on any atom is -0.362 e. The lowest BCUT2D eigenvalue weighted by molar-refractivity contribution is 0.698. The standard InChI is InChI=1S/C13H19ClN2S/c1-3-4-5-8-15-13(17)16-11-7-6-10(2)12(14)9-11/h6-7,9H,3-5,8H2,1-2H3,(H2,15,16,17). The quantitative estimate of drug-likeness (QED) is 0.622. The van der Waals surface area contributed by atoms with Crippen LogP contribution in [0.5, 0.6) is 0 Å². The number of benzene rings is 1. The molecule has 0 spiro atoms. The molecule has 0 aromatic heterocycles. The fourth-order valence-electron chi connectivity index (χ4n) is 1.42. The molecule has 0 atom stereocenters. The Balaban J connectivity index is 2.37. The smallest absolute Gasteiger partial charge is 0.170 e. The summed E-state index contributed by atoms with van der Waals surface area (Å²) >= 11 is 11.2. The molecule has 1 rings (SSSR count). The summed E-state index contributed by atoms with van der Waals surface area (Å²) in [5, 5.41) is 7.71. The van der Waals surface area contributed by atoms with Gasteiger partial charge in [-0.05, 0) is 43.3 Å². The highest BCUT2D eigenvalue weighted by atomic mass is 35.5. The Labute approximate surface area is 114 Å². The van der Waals surface area contributed by atoms with Crippen molar-refractivity contribution in [3.8, 4) is 0 Å². The van der Waals surface area contributed by atoms with Gasteiger partial charge in [0.1, 0.15) is 0 Å². The predicted octanol–water partition coefficient (Wildman–Crippen LogP) is 4.13. The van der Waals surface area contributed by atoms with Crippen LogP contribution in [0.25, 0.3) is 0 Å². The lowest BCUT2D eigenvalue weighted by atomic mass is 10.2. The summed E-state index contributed by atoms with van der Waals surface area (Å²) in [6.45, 7) is 5.08. The van der Waals surface area contributed by atoms with Crippen molar-refractivity contribution in [2.24, 2.45) is 0 Å². The van der Waals surface area contributed by atoms with E-state index in [-0.39, 0.29) is 0 Å². The van der Waals surface area contributed by atoms with Gasteiger partial charge in [0.15, 0.2) is 5.11 Å². The van der Waals surface area contributed by atoms with E-state index in [1.165, 1.54) is 12.8 Å². The Bertz CT molecular complexity index is 380. The lowest BCUT2D eigenvalue weighted by Crippen LogP contribution is -2.29. The summed E-state index contributed by atoms with van der Waals surface area (Å²) in [6.07, 6.45) is 3.59. The van der Waals surface area contributed by atoms with Crippen LogP contribution in [0.15, 0.2) is 18.2 Å². The van der Waals surface area contributed by atoms with Gasteiger partial charge in [-0.25, -0.2) is 0 Å². The highest BCUT2D eigenvalue weighted by Gasteiger charge is 2.00. The second-order valence-electron chi connectivity index (χ2n) is 4.05. The summed E-state index contributed by atoms with van der Waals surface area (Å²) in [4.78, 5) is 0. The fourth-order valence-corrected chi connectivity index (χ4v) is 1.82. The maximum Gasteiger partial charge on any atom is 0.170 e. The first kappa shape index (κ1) is 14.3. The minimum atomic E-state index is 0.654. The Morgan fingerprint density at radius 3 is 2.76 bits per heavy atom. The second kappa shape index (κ2) is 7.51. The van der Waals surface area contributed by atoms with E-state index in [0.717, 1.165) is 29.2 Å². The molecule has 0 aliphatic carbocycles. The molecule has 2 nitrogen and oxygen atoms in total. The van der Waals surface area contributed by atoms with E-state index in [0.29, 0.717) is 5.11 Å². The van der Waals surface area contributed by atoms with Crippen LogP contribution in [0.4, 0.5) is 5.69 Å². The molecule has 1 aromatic carbocycles. The number of thiocarbonyl (C=S) groups is 1. The summed E-state index contributed by atoms with van der Waals surface area (Å²) in [6, 6.07) is 5.84. The highest BCUT2D eigenvalue weighted by molar-refractivity contribution is 7.80. The number of hydrogen-bond acceptors (Lipinski definition) is 1. The van der Waals surface area contributed by atoms with E-state index in [2.05, 4.69) is 17.6 Å². The first-order valence-electron chi connectivity index (χ1n) is 5.94. The molecule has 0 aliphatic heterocycles. The zero-order valence-electron chi connectivity index (χ0n) is 10.3. The second-order valence-corrected chi connectivity index (χ2v) is 4.87. The third kappa shape index (κ3) is 5.37. The van der Waals surface area contributed by atoms with Crippen LogP contribution in [0, 0.1) is 6.92 Å². The van der Waals surface area contributed by atoms with Crippen molar-refractivity contribution in [3.63, 3.8) is 0 Å². The van der Waals surface area contributed by atoms with Gasteiger partial charge < -0.3 is 10.6 Å². The number of unbranched alkanes of at least 4 members (excludes halogenated alkanes) is 2. The molecule has 0 radical (unpaired) electrons. The molecule has 2 N–H and O–H groups in total. The Morgan fingerprint density at radius 2 is 2.12 bits per heavy atom. The number of nitrogens with one attached hydrogen (secondary N) is 2. The molecule has 0 unspecified atom stereocenters. The Hall–Kier alpha value is -0.800. The van der Waals surface area contributed by atoms with Crippen LogP contribution in [-0.2, 0) is 0 Å². The van der Waals surface area contributed by atoms with E-state index in [4.69, 9.17) is 23.8 Å². The molecule has 17 heavy (non-hydrogen) atoms. The Morgan fingerprint density at radius 1 is 1.35 bits per heavy atom. The van der Waals surface area contributed by atoms with Gasteiger partial charge in [0.2, 0.25) is 0 Å². The molecule has 0 fully saturated rings. The largest absolute Gasteiger partial charge is 0.362 e. The van der Waals surface area contributed by atoms with Crippen molar-refractivity contribution in [2.75, 3.05) is 11.9 Å². The van der Waals surface area contributed by atoms with Gasteiger partial charge in [-0.3, -0.25) is 0 Å². The molecule has 0 saturated carbocycles. The molecule has 1 aromatic rings. The van der Waals surface area contributed by atoms with Crippen molar-refractivity contribution in [3.05, 3.63) is 28.8 Å². The van der Waals surface area contributed by atoms with Gasteiger partial charge in [-0.2, -0.15) is 0 Å². The van der Waals surface area contributed by atoms with Gasteiger partial charge in [-0.15, -0.1) is 0 Å². The molecule has 0 aliphatic rings. The van der Waals surface area contributed by atoms with Crippen LogP contribution in [0.1, 0.15) is 31.7 Å². The van der Waals surface area contributed by atoms with E-state index in [1.807, 2.05) is 25.1 Å². The summed E-state index contributed by atoms with van der Waals surface area (Å²) < 4.78 is 0. The van der Waals surface area contributed by atoms with E-state index < -0.39 is 0 Å². The van der Waals surface area contributed by atoms with Gasteiger partial charge in [0.05, 0.1) is 0 Å². The third-order valence-electron chi connectivity index (χ3n) is 2.50. The van der Waals surface area contributed by atoms with Crippen LogP contribution >= 0.6 is 23.8 Å². The van der Waals surface area contributed by atoms with E-state index >= 15 is 0 Å². The van der Waals surface area contributed by atoms with Gasteiger partial charge >= 0.3 is 0 Å². The van der Waals surface area contributed by atoms with Crippen molar-refractivity contribution < 1.29 is 0 Å². The van der Waals surface area contributed by atoms with Crippen LogP contribution in [0.3, 0.4) is 0 Å². The van der Waals surface area contributed by atoms with Crippen molar-refractivity contribution >= 4 is 34.6 Å². The molecule has 0 heterocycles. The Kier molecular flexibility index (Phi) is 6.30. The molecule has 4 heteroatoms. The predicted molar refractivity (Wildman–Crippen MR) is 79.9 cm³/mol. The first-order valence-corrected chi connectivity index (χ1v) is 6.73. The number of anilines is 1. The summed E-state index contributed by atoms with van der Waals surface area (Å²) in [7, 11) is 0. The van der Waals surface area contributed by atoms with E-state index in [9.17, 15) is 0 Å². The minimum absolute atomic E-state index is 0.654. The topological polar surface area (TPSA) is 24.1 Å². The fraction of sp³-hybridized carbons (Fsp3) is 0.462. The van der Waals surface area contributed by atoms with Crippen molar-refractivity contribution in [2.45, 2.75) is 33.1 Å². The molecule has 94 valence electrons. The maximum absolute atomic E-state index is 6.04. The van der Waals surface area contributed by atoms with E-state index in [1.54, 1.807) is 0 Å². The normalized spacial score (nSPS) is 10.1. The molecular formula is C13H19ClN2S. The summed E-state index contributed by atoms with van der Waals surface area (Å²) in [5.74, 6) is 0. The SMILES string of the molecule is CCCCCNC(=S)Nc1ccc(C)c(Cl)c1. The molecule has 0 saturated heterocycles. The van der Waals surface area contributed by atoms with Gasteiger partial charge in [0.25, 0.3) is 0 Å². The number of hydrogen-bond donors (Lipinski definition) is 2. The maximum atomic E-state index is 6.04. The van der Waals surface area contributed by atoms with Crippen LogP contribution in [0.2, 0.25) is 5.02 Å². The molecular weight excluding hydrogens is 252 g/mol.